The first-order chi connectivity index (χ1) is 16.0. The topological polar surface area (TPSA) is 50.1 Å². The summed E-state index contributed by atoms with van der Waals surface area (Å²) >= 11 is 0. The maximum absolute atomic E-state index is 10.8. The first kappa shape index (κ1) is 23.8. The smallest absolute Gasteiger partial charge is 0.119 e. The Morgan fingerprint density at radius 2 is 1.79 bits per heavy atom. The van der Waals surface area contributed by atoms with Crippen LogP contribution in [0.15, 0.2) is 48.5 Å². The fourth-order valence-electron chi connectivity index (χ4n) is 4.65. The zero-order chi connectivity index (χ0) is 23.2. The average molecular weight is 452 g/mol. The average Bonchev–Trinajstić information content (AvgIpc) is 3.06. The van der Waals surface area contributed by atoms with Crippen LogP contribution in [0.25, 0.3) is 10.9 Å². The van der Waals surface area contributed by atoms with E-state index in [0.717, 1.165) is 45.1 Å². The number of hydrogen-bond acceptors (Lipinski definition) is 5. The van der Waals surface area contributed by atoms with Crippen molar-refractivity contribution in [1.82, 2.24) is 14.4 Å². The number of likely N-dealkylation sites (N-methyl/N-ethyl adjacent to an activating group) is 1. The summed E-state index contributed by atoms with van der Waals surface area (Å²) in [5, 5.41) is 12.1. The molecule has 0 saturated carbocycles. The summed E-state index contributed by atoms with van der Waals surface area (Å²) in [4.78, 5) is 4.55. The highest BCUT2D eigenvalue weighted by molar-refractivity contribution is 5.85. The predicted molar refractivity (Wildman–Crippen MR) is 133 cm³/mol. The van der Waals surface area contributed by atoms with Gasteiger partial charge in [0.15, 0.2) is 0 Å². The summed E-state index contributed by atoms with van der Waals surface area (Å²) in [6.45, 7) is 11.5. The lowest BCUT2D eigenvalue weighted by Gasteiger charge is -2.26. The van der Waals surface area contributed by atoms with E-state index in [1.165, 1.54) is 27.7 Å². The first-order valence-corrected chi connectivity index (χ1v) is 11.9. The lowest BCUT2D eigenvalue weighted by Crippen LogP contribution is -2.38. The zero-order valence-electron chi connectivity index (χ0n) is 20.2. The van der Waals surface area contributed by atoms with Crippen LogP contribution in [0.1, 0.15) is 16.8 Å². The van der Waals surface area contributed by atoms with E-state index >= 15 is 0 Å². The molecule has 6 nitrogen and oxygen atoms in total. The molecule has 1 aromatic heterocycles. The number of aliphatic hydroxyl groups is 1. The SMILES string of the molecule is Cc1c(C)n(CC(O)CN(C)Cc2ccc(OCCN3CCOCC3)cc2)c2ccccc12. The van der Waals surface area contributed by atoms with Gasteiger partial charge in [-0.1, -0.05) is 30.3 Å². The summed E-state index contributed by atoms with van der Waals surface area (Å²) in [6.07, 6.45) is -0.438. The van der Waals surface area contributed by atoms with E-state index in [-0.39, 0.29) is 0 Å². The molecule has 178 valence electrons. The summed E-state index contributed by atoms with van der Waals surface area (Å²) in [5.74, 6) is 0.903. The second-order valence-electron chi connectivity index (χ2n) is 9.14. The highest BCUT2D eigenvalue weighted by atomic mass is 16.5. The third-order valence-electron chi connectivity index (χ3n) is 6.62. The van der Waals surface area contributed by atoms with E-state index in [1.54, 1.807) is 0 Å². The number of hydrogen-bond donors (Lipinski definition) is 1. The molecule has 4 rings (SSSR count). The Morgan fingerprint density at radius 1 is 1.06 bits per heavy atom. The molecule has 0 spiro atoms. The largest absolute Gasteiger partial charge is 0.492 e. The van der Waals surface area contributed by atoms with Crippen molar-refractivity contribution in [3.05, 3.63) is 65.4 Å². The van der Waals surface area contributed by atoms with Crippen molar-refractivity contribution in [2.45, 2.75) is 33.0 Å². The van der Waals surface area contributed by atoms with Crippen molar-refractivity contribution in [2.75, 3.05) is 53.0 Å². The van der Waals surface area contributed by atoms with Crippen LogP contribution in [0, 0.1) is 13.8 Å². The summed E-state index contributed by atoms with van der Waals surface area (Å²) in [5.41, 5.74) is 4.92. The maximum atomic E-state index is 10.8. The van der Waals surface area contributed by atoms with Crippen molar-refractivity contribution in [2.24, 2.45) is 0 Å². The molecule has 0 bridgehead atoms. The number of morpholine rings is 1. The number of aliphatic hydroxyl groups excluding tert-OH is 1. The molecule has 2 heterocycles. The van der Waals surface area contributed by atoms with E-state index in [9.17, 15) is 5.11 Å². The van der Waals surface area contributed by atoms with Crippen LogP contribution in [-0.4, -0.2) is 78.6 Å². The molecule has 1 unspecified atom stereocenters. The summed E-state index contributed by atoms with van der Waals surface area (Å²) in [6, 6.07) is 16.7. The monoisotopic (exact) mass is 451 g/mol. The molecule has 0 amide bonds. The number of nitrogens with zero attached hydrogens (tertiary/aromatic N) is 3. The highest BCUT2D eigenvalue weighted by Crippen LogP contribution is 2.25. The zero-order valence-corrected chi connectivity index (χ0v) is 20.2. The van der Waals surface area contributed by atoms with Gasteiger partial charge < -0.3 is 19.1 Å². The number of fused-ring (bicyclic) bond motifs is 1. The van der Waals surface area contributed by atoms with Crippen molar-refractivity contribution in [3.8, 4) is 5.75 Å². The van der Waals surface area contributed by atoms with Gasteiger partial charge in [-0.3, -0.25) is 9.80 Å². The van der Waals surface area contributed by atoms with E-state index in [4.69, 9.17) is 9.47 Å². The van der Waals surface area contributed by atoms with Gasteiger partial charge in [-0.05, 0) is 50.2 Å². The van der Waals surface area contributed by atoms with Gasteiger partial charge in [0.2, 0.25) is 0 Å². The van der Waals surface area contributed by atoms with E-state index < -0.39 is 6.10 Å². The first-order valence-electron chi connectivity index (χ1n) is 11.9. The van der Waals surface area contributed by atoms with Crippen LogP contribution in [-0.2, 0) is 17.8 Å². The Hall–Kier alpha value is -2.38. The molecule has 2 aromatic carbocycles. The second-order valence-corrected chi connectivity index (χ2v) is 9.14. The minimum absolute atomic E-state index is 0.438. The van der Waals surface area contributed by atoms with Gasteiger partial charge in [0.05, 0.1) is 25.9 Å². The van der Waals surface area contributed by atoms with Gasteiger partial charge in [-0.15, -0.1) is 0 Å². The number of aromatic nitrogens is 1. The van der Waals surface area contributed by atoms with Crippen LogP contribution in [0.3, 0.4) is 0 Å². The molecule has 33 heavy (non-hydrogen) atoms. The Labute approximate surface area is 197 Å². The van der Waals surface area contributed by atoms with Gasteiger partial charge in [0.1, 0.15) is 12.4 Å². The molecule has 3 aromatic rings. The van der Waals surface area contributed by atoms with Crippen molar-refractivity contribution in [1.29, 1.82) is 0 Å². The Morgan fingerprint density at radius 3 is 2.55 bits per heavy atom. The molecule has 0 radical (unpaired) electrons. The minimum atomic E-state index is -0.438. The van der Waals surface area contributed by atoms with Crippen LogP contribution in [0.4, 0.5) is 0 Å². The molecule has 0 aliphatic carbocycles. The van der Waals surface area contributed by atoms with Crippen molar-refractivity contribution >= 4 is 10.9 Å². The summed E-state index contributed by atoms with van der Waals surface area (Å²) in [7, 11) is 2.06. The van der Waals surface area contributed by atoms with Gasteiger partial charge >= 0.3 is 0 Å². The Balaban J connectivity index is 1.24. The van der Waals surface area contributed by atoms with E-state index in [0.29, 0.717) is 19.7 Å². The quantitative estimate of drug-likeness (QED) is 0.512. The fourth-order valence-corrected chi connectivity index (χ4v) is 4.65. The van der Waals surface area contributed by atoms with E-state index in [1.807, 2.05) is 12.1 Å². The Kier molecular flexibility index (Phi) is 8.04. The van der Waals surface area contributed by atoms with Crippen molar-refractivity contribution < 1.29 is 14.6 Å². The highest BCUT2D eigenvalue weighted by Gasteiger charge is 2.15. The van der Waals surface area contributed by atoms with Gasteiger partial charge in [-0.25, -0.2) is 0 Å². The maximum Gasteiger partial charge on any atom is 0.119 e. The third kappa shape index (κ3) is 6.15. The van der Waals surface area contributed by atoms with Crippen LogP contribution < -0.4 is 4.74 Å². The van der Waals surface area contributed by atoms with Gasteiger partial charge in [0.25, 0.3) is 0 Å². The van der Waals surface area contributed by atoms with Gasteiger partial charge in [-0.2, -0.15) is 0 Å². The van der Waals surface area contributed by atoms with Gasteiger partial charge in [0, 0.05) is 49.3 Å². The Bertz CT molecular complexity index is 1030. The molecular weight excluding hydrogens is 414 g/mol. The van der Waals surface area contributed by atoms with E-state index in [2.05, 4.69) is 71.7 Å². The lowest BCUT2D eigenvalue weighted by atomic mass is 10.2. The number of para-hydroxylation sites is 1. The third-order valence-corrected chi connectivity index (χ3v) is 6.62. The molecule has 1 aliphatic rings. The fraction of sp³-hybridized carbons (Fsp3) is 0.481. The molecule has 1 N–H and O–H groups in total. The molecule has 1 aliphatic heterocycles. The number of rotatable bonds is 10. The van der Waals surface area contributed by atoms with Crippen molar-refractivity contribution in [3.63, 3.8) is 0 Å². The second kappa shape index (κ2) is 11.2. The molecule has 1 atom stereocenters. The number of benzene rings is 2. The van der Waals surface area contributed by atoms with Crippen LogP contribution in [0.5, 0.6) is 5.75 Å². The predicted octanol–water partition coefficient (Wildman–Crippen LogP) is 3.46. The lowest BCUT2D eigenvalue weighted by molar-refractivity contribution is 0.0322. The molecule has 1 saturated heterocycles. The summed E-state index contributed by atoms with van der Waals surface area (Å²) < 4.78 is 13.5. The number of aryl methyl sites for hydroxylation is 1. The standard InChI is InChI=1S/C27H37N3O3/c1-21-22(2)30(27-7-5-4-6-26(21)27)20-24(31)19-28(3)18-23-8-10-25(11-9-23)33-17-14-29-12-15-32-16-13-29/h4-11,24,31H,12-20H2,1-3H3. The van der Waals surface area contributed by atoms with Crippen LogP contribution in [0.2, 0.25) is 0 Å². The minimum Gasteiger partial charge on any atom is -0.492 e. The normalized spacial score (nSPS) is 15.9. The van der Waals surface area contributed by atoms with Crippen LogP contribution >= 0.6 is 0 Å². The molecular formula is C27H37N3O3. The molecule has 1 fully saturated rings. The molecule has 6 heteroatoms. The number of ether oxygens (including phenoxy) is 2.